The summed E-state index contributed by atoms with van der Waals surface area (Å²) in [6.45, 7) is 3.08. The van der Waals surface area contributed by atoms with Gasteiger partial charge in [-0.25, -0.2) is 0 Å². The highest BCUT2D eigenvalue weighted by atomic mass is 32.1. The highest BCUT2D eigenvalue weighted by Crippen LogP contribution is 2.56. The molecule has 1 spiro atoms. The van der Waals surface area contributed by atoms with Gasteiger partial charge >= 0.3 is 0 Å². The van der Waals surface area contributed by atoms with E-state index in [9.17, 15) is 4.79 Å². The summed E-state index contributed by atoms with van der Waals surface area (Å²) in [5.74, 6) is 1.07. The molecule has 1 amide bonds. The molecule has 1 unspecified atom stereocenters. The third kappa shape index (κ3) is 3.34. The molecule has 1 aliphatic heterocycles. The Morgan fingerprint density at radius 1 is 1.30 bits per heavy atom. The van der Waals surface area contributed by atoms with Crippen LogP contribution in [0.5, 0.6) is 0 Å². The lowest BCUT2D eigenvalue weighted by Gasteiger charge is -2.30. The SMILES string of the molecule is O=C(CC1CCCC1)N(Cc1ccsc1)C1CC12CCNCC2. The van der Waals surface area contributed by atoms with Gasteiger partial charge in [0, 0.05) is 19.0 Å². The summed E-state index contributed by atoms with van der Waals surface area (Å²) in [4.78, 5) is 15.3. The number of carbonyl (C=O) groups is 1. The number of piperidine rings is 1. The lowest BCUT2D eigenvalue weighted by Crippen LogP contribution is -2.39. The third-order valence-electron chi connectivity index (χ3n) is 6.31. The number of amides is 1. The van der Waals surface area contributed by atoms with E-state index >= 15 is 0 Å². The maximum atomic E-state index is 13.0. The number of rotatable bonds is 5. The van der Waals surface area contributed by atoms with E-state index in [-0.39, 0.29) is 0 Å². The van der Waals surface area contributed by atoms with Gasteiger partial charge in [-0.15, -0.1) is 0 Å². The van der Waals surface area contributed by atoms with Crippen LogP contribution in [0.3, 0.4) is 0 Å². The molecular weight excluding hydrogens is 304 g/mol. The fourth-order valence-corrected chi connectivity index (χ4v) is 5.42. The van der Waals surface area contributed by atoms with Gasteiger partial charge in [-0.3, -0.25) is 4.79 Å². The van der Waals surface area contributed by atoms with Gasteiger partial charge < -0.3 is 10.2 Å². The zero-order valence-electron chi connectivity index (χ0n) is 13.9. The highest BCUT2D eigenvalue weighted by molar-refractivity contribution is 7.07. The minimum absolute atomic E-state index is 0.420. The first-order chi connectivity index (χ1) is 11.3. The summed E-state index contributed by atoms with van der Waals surface area (Å²) >= 11 is 1.74. The average molecular weight is 333 g/mol. The zero-order valence-corrected chi connectivity index (χ0v) is 14.7. The van der Waals surface area contributed by atoms with E-state index in [4.69, 9.17) is 0 Å². The molecule has 3 nitrogen and oxygen atoms in total. The molecule has 2 aliphatic carbocycles. The van der Waals surface area contributed by atoms with E-state index in [1.807, 2.05) is 0 Å². The van der Waals surface area contributed by atoms with Crippen molar-refractivity contribution in [2.75, 3.05) is 13.1 Å². The summed E-state index contributed by atoms with van der Waals surface area (Å²) in [6, 6.07) is 2.68. The smallest absolute Gasteiger partial charge is 0.223 e. The molecule has 126 valence electrons. The second-order valence-electron chi connectivity index (χ2n) is 7.84. The molecule has 3 fully saturated rings. The zero-order chi connectivity index (χ0) is 15.7. The molecule has 0 bridgehead atoms. The Balaban J connectivity index is 1.46. The standard InChI is InChI=1S/C19H28N2OS/c22-18(11-15-3-1-2-4-15)21(13-16-5-10-23-14-16)17-12-19(17)6-8-20-9-7-19/h5,10,14-15,17,20H,1-4,6-9,11-13H2. The van der Waals surface area contributed by atoms with E-state index in [1.165, 1.54) is 50.5 Å². The molecule has 1 aromatic heterocycles. The second-order valence-corrected chi connectivity index (χ2v) is 8.62. The minimum atomic E-state index is 0.420. The van der Waals surface area contributed by atoms with Gasteiger partial charge in [0.2, 0.25) is 5.91 Å². The van der Waals surface area contributed by atoms with Crippen LogP contribution < -0.4 is 5.32 Å². The average Bonchev–Trinajstić information content (AvgIpc) is 2.99. The number of nitrogens with zero attached hydrogens (tertiary/aromatic N) is 1. The van der Waals surface area contributed by atoms with Gasteiger partial charge in [0.15, 0.2) is 0 Å². The van der Waals surface area contributed by atoms with Gasteiger partial charge in [-0.05, 0) is 78.9 Å². The molecule has 2 heterocycles. The Hall–Kier alpha value is -0.870. The number of hydrogen-bond donors (Lipinski definition) is 1. The Morgan fingerprint density at radius 2 is 2.09 bits per heavy atom. The van der Waals surface area contributed by atoms with Crippen LogP contribution in [0.25, 0.3) is 0 Å². The summed E-state index contributed by atoms with van der Waals surface area (Å²) in [5, 5.41) is 7.80. The number of carbonyl (C=O) groups excluding carboxylic acids is 1. The molecule has 1 saturated heterocycles. The van der Waals surface area contributed by atoms with E-state index < -0.39 is 0 Å². The van der Waals surface area contributed by atoms with Crippen LogP contribution >= 0.6 is 11.3 Å². The molecule has 4 heteroatoms. The molecule has 2 saturated carbocycles. The van der Waals surface area contributed by atoms with Crippen LogP contribution in [-0.2, 0) is 11.3 Å². The van der Waals surface area contributed by atoms with Crippen molar-refractivity contribution in [1.82, 2.24) is 10.2 Å². The van der Waals surface area contributed by atoms with Crippen molar-refractivity contribution in [3.8, 4) is 0 Å². The van der Waals surface area contributed by atoms with Gasteiger partial charge in [-0.2, -0.15) is 11.3 Å². The number of hydrogen-bond acceptors (Lipinski definition) is 3. The van der Waals surface area contributed by atoms with Crippen molar-refractivity contribution in [3.05, 3.63) is 22.4 Å². The van der Waals surface area contributed by atoms with Crippen LogP contribution in [0.4, 0.5) is 0 Å². The predicted molar refractivity (Wildman–Crippen MR) is 94.4 cm³/mol. The third-order valence-corrected chi connectivity index (χ3v) is 7.05. The van der Waals surface area contributed by atoms with E-state index in [2.05, 4.69) is 27.0 Å². The summed E-state index contributed by atoms with van der Waals surface area (Å²) in [7, 11) is 0. The van der Waals surface area contributed by atoms with Crippen molar-refractivity contribution in [2.24, 2.45) is 11.3 Å². The molecule has 3 aliphatic rings. The van der Waals surface area contributed by atoms with Gasteiger partial charge in [-0.1, -0.05) is 12.8 Å². The van der Waals surface area contributed by atoms with Crippen LogP contribution in [0.1, 0.15) is 56.9 Å². The molecule has 0 radical (unpaired) electrons. The fraction of sp³-hybridized carbons (Fsp3) is 0.737. The van der Waals surface area contributed by atoms with Gasteiger partial charge in [0.25, 0.3) is 0 Å². The Kier molecular flexibility index (Phi) is 4.46. The van der Waals surface area contributed by atoms with Crippen molar-refractivity contribution in [2.45, 2.75) is 64.0 Å². The monoisotopic (exact) mass is 332 g/mol. The molecule has 1 atom stereocenters. The van der Waals surface area contributed by atoms with E-state index in [0.29, 0.717) is 23.3 Å². The van der Waals surface area contributed by atoms with Crippen molar-refractivity contribution in [3.63, 3.8) is 0 Å². The molecule has 1 aromatic rings. The van der Waals surface area contributed by atoms with Crippen LogP contribution in [0.15, 0.2) is 16.8 Å². The van der Waals surface area contributed by atoms with Crippen molar-refractivity contribution < 1.29 is 4.79 Å². The van der Waals surface area contributed by atoms with Crippen LogP contribution in [-0.4, -0.2) is 29.9 Å². The first-order valence-corrected chi connectivity index (χ1v) is 10.2. The molecule has 23 heavy (non-hydrogen) atoms. The first kappa shape index (κ1) is 15.6. The summed E-state index contributed by atoms with van der Waals surface area (Å²) in [5.41, 5.74) is 1.75. The van der Waals surface area contributed by atoms with Gasteiger partial charge in [0.1, 0.15) is 0 Å². The minimum Gasteiger partial charge on any atom is -0.335 e. The number of thiophene rings is 1. The second kappa shape index (κ2) is 6.56. The quantitative estimate of drug-likeness (QED) is 0.889. The number of nitrogens with one attached hydrogen (secondary N) is 1. The Bertz CT molecular complexity index is 530. The van der Waals surface area contributed by atoms with E-state index in [1.54, 1.807) is 11.3 Å². The highest BCUT2D eigenvalue weighted by Gasteiger charge is 2.57. The summed E-state index contributed by atoms with van der Waals surface area (Å²) in [6.07, 6.45) is 9.67. The largest absolute Gasteiger partial charge is 0.335 e. The molecule has 0 aromatic carbocycles. The fourth-order valence-electron chi connectivity index (χ4n) is 4.76. The van der Waals surface area contributed by atoms with Crippen LogP contribution in [0.2, 0.25) is 0 Å². The van der Waals surface area contributed by atoms with Crippen LogP contribution in [0, 0.1) is 11.3 Å². The maximum Gasteiger partial charge on any atom is 0.223 e. The molecule has 4 rings (SSSR count). The normalized spacial score (nSPS) is 26.5. The Labute approximate surface area is 143 Å². The predicted octanol–water partition coefficient (Wildman–Crippen LogP) is 3.80. The Morgan fingerprint density at radius 3 is 2.78 bits per heavy atom. The van der Waals surface area contributed by atoms with E-state index in [0.717, 1.165) is 26.1 Å². The first-order valence-electron chi connectivity index (χ1n) is 9.28. The topological polar surface area (TPSA) is 32.3 Å². The molecular formula is C19H28N2OS. The lowest BCUT2D eigenvalue weighted by molar-refractivity contribution is -0.134. The maximum absolute atomic E-state index is 13.0. The lowest BCUT2D eigenvalue weighted by atomic mass is 9.93. The van der Waals surface area contributed by atoms with Crippen molar-refractivity contribution >= 4 is 17.2 Å². The molecule has 1 N–H and O–H groups in total. The van der Waals surface area contributed by atoms with Crippen molar-refractivity contribution in [1.29, 1.82) is 0 Å². The van der Waals surface area contributed by atoms with Gasteiger partial charge in [0.05, 0.1) is 0 Å². The summed E-state index contributed by atoms with van der Waals surface area (Å²) < 4.78 is 0.